The van der Waals surface area contributed by atoms with Gasteiger partial charge in [0.15, 0.2) is 0 Å². The molecule has 0 bridgehead atoms. The van der Waals surface area contributed by atoms with Crippen LogP contribution in [0.25, 0.3) is 0 Å². The number of hydrogen-bond acceptors (Lipinski definition) is 1. The van der Waals surface area contributed by atoms with Crippen molar-refractivity contribution in [2.45, 2.75) is 32.9 Å². The molecular weight excluding hydrogens is 164 g/mol. The van der Waals surface area contributed by atoms with Crippen LogP contribution in [0.2, 0.25) is 0 Å². The quantitative estimate of drug-likeness (QED) is 0.752. The highest BCUT2D eigenvalue weighted by atomic mass is 16.2. The van der Waals surface area contributed by atoms with Crippen LogP contribution < -0.4 is 5.32 Å². The maximum atomic E-state index is 11.5. The first-order chi connectivity index (χ1) is 6.11. The molecule has 13 heavy (non-hydrogen) atoms. The average Bonchev–Trinajstić information content (AvgIpc) is 2.53. The number of hydrogen-bond donors (Lipinski definition) is 1. The zero-order chi connectivity index (χ0) is 9.84. The van der Waals surface area contributed by atoms with E-state index in [2.05, 4.69) is 5.32 Å². The van der Waals surface area contributed by atoms with Gasteiger partial charge in [0.05, 0.1) is 0 Å². The lowest BCUT2D eigenvalue weighted by molar-refractivity contribution is -0.124. The molecule has 1 N–H and O–H groups in total. The van der Waals surface area contributed by atoms with E-state index in [-0.39, 0.29) is 18.0 Å². The molecule has 1 atom stereocenters. The molecule has 0 spiro atoms. The molecule has 0 saturated carbocycles. The summed E-state index contributed by atoms with van der Waals surface area (Å²) < 4.78 is 1.89. The Morgan fingerprint density at radius 2 is 1.77 bits per heavy atom. The van der Waals surface area contributed by atoms with Crippen molar-refractivity contribution < 1.29 is 4.79 Å². The SMILES string of the molecule is CC(C)NC(=O)C(C)n1cccc1. The minimum absolute atomic E-state index is 0.0613. The lowest BCUT2D eigenvalue weighted by Crippen LogP contribution is -2.35. The molecule has 0 radical (unpaired) electrons. The van der Waals surface area contributed by atoms with Gasteiger partial charge >= 0.3 is 0 Å². The summed E-state index contributed by atoms with van der Waals surface area (Å²) >= 11 is 0. The largest absolute Gasteiger partial charge is 0.352 e. The van der Waals surface area contributed by atoms with Gasteiger partial charge in [0, 0.05) is 18.4 Å². The Labute approximate surface area is 78.8 Å². The van der Waals surface area contributed by atoms with Crippen molar-refractivity contribution in [3.63, 3.8) is 0 Å². The summed E-state index contributed by atoms with van der Waals surface area (Å²) in [4.78, 5) is 11.5. The number of rotatable bonds is 3. The van der Waals surface area contributed by atoms with Crippen LogP contribution in [0.1, 0.15) is 26.8 Å². The Bertz CT molecular complexity index is 264. The summed E-state index contributed by atoms with van der Waals surface area (Å²) in [7, 11) is 0. The lowest BCUT2D eigenvalue weighted by atomic mass is 10.3. The van der Waals surface area contributed by atoms with Crippen LogP contribution in [0.3, 0.4) is 0 Å². The number of amides is 1. The van der Waals surface area contributed by atoms with Gasteiger partial charge in [-0.3, -0.25) is 4.79 Å². The molecular formula is C10H16N2O. The molecule has 1 aromatic rings. The van der Waals surface area contributed by atoms with E-state index in [0.29, 0.717) is 0 Å². The Morgan fingerprint density at radius 3 is 2.23 bits per heavy atom. The van der Waals surface area contributed by atoms with Crippen molar-refractivity contribution >= 4 is 5.91 Å². The second-order valence-corrected chi connectivity index (χ2v) is 3.47. The summed E-state index contributed by atoms with van der Waals surface area (Å²) in [5, 5.41) is 2.87. The normalized spacial score (nSPS) is 12.9. The molecule has 0 aromatic carbocycles. The number of nitrogens with zero attached hydrogens (tertiary/aromatic N) is 1. The molecule has 1 rings (SSSR count). The molecule has 1 unspecified atom stereocenters. The molecule has 3 heteroatoms. The number of carbonyl (C=O) groups excluding carboxylic acids is 1. The minimum atomic E-state index is -0.127. The Balaban J connectivity index is 2.58. The van der Waals surface area contributed by atoms with E-state index in [9.17, 15) is 4.79 Å². The first kappa shape index (κ1) is 9.84. The molecule has 1 heterocycles. The third-order valence-corrected chi connectivity index (χ3v) is 1.89. The van der Waals surface area contributed by atoms with E-state index < -0.39 is 0 Å². The first-order valence-electron chi connectivity index (χ1n) is 4.54. The Morgan fingerprint density at radius 1 is 1.23 bits per heavy atom. The molecule has 3 nitrogen and oxygen atoms in total. The van der Waals surface area contributed by atoms with Gasteiger partial charge in [-0.05, 0) is 32.9 Å². The Kier molecular flexibility index (Phi) is 3.12. The predicted octanol–water partition coefficient (Wildman–Crippen LogP) is 1.57. The zero-order valence-corrected chi connectivity index (χ0v) is 8.32. The summed E-state index contributed by atoms with van der Waals surface area (Å²) in [5.74, 6) is 0.0613. The van der Waals surface area contributed by atoms with Crippen LogP contribution in [0.15, 0.2) is 24.5 Å². The molecule has 1 amide bonds. The van der Waals surface area contributed by atoms with Crippen LogP contribution >= 0.6 is 0 Å². The predicted molar refractivity (Wildman–Crippen MR) is 52.4 cm³/mol. The summed E-state index contributed by atoms with van der Waals surface area (Å²) in [6.45, 7) is 5.80. The molecule has 0 aliphatic heterocycles. The Hall–Kier alpha value is -1.25. The minimum Gasteiger partial charge on any atom is -0.352 e. The molecule has 0 aliphatic carbocycles. The van der Waals surface area contributed by atoms with Gasteiger partial charge in [-0.1, -0.05) is 0 Å². The van der Waals surface area contributed by atoms with Gasteiger partial charge in [-0.15, -0.1) is 0 Å². The van der Waals surface area contributed by atoms with Crippen LogP contribution in [-0.2, 0) is 4.79 Å². The monoisotopic (exact) mass is 180 g/mol. The summed E-state index contributed by atoms with van der Waals surface area (Å²) in [6, 6.07) is 3.90. The fourth-order valence-electron chi connectivity index (χ4n) is 1.15. The topological polar surface area (TPSA) is 34.0 Å². The second-order valence-electron chi connectivity index (χ2n) is 3.47. The zero-order valence-electron chi connectivity index (χ0n) is 8.32. The molecule has 0 saturated heterocycles. The third kappa shape index (κ3) is 2.61. The van der Waals surface area contributed by atoms with Crippen molar-refractivity contribution in [1.82, 2.24) is 9.88 Å². The third-order valence-electron chi connectivity index (χ3n) is 1.89. The van der Waals surface area contributed by atoms with Crippen molar-refractivity contribution in [2.24, 2.45) is 0 Å². The highest BCUT2D eigenvalue weighted by Crippen LogP contribution is 2.05. The van der Waals surface area contributed by atoms with E-state index in [1.54, 1.807) is 0 Å². The first-order valence-corrected chi connectivity index (χ1v) is 4.54. The van der Waals surface area contributed by atoms with Crippen molar-refractivity contribution in [3.8, 4) is 0 Å². The van der Waals surface area contributed by atoms with Crippen LogP contribution in [0.4, 0.5) is 0 Å². The van der Waals surface area contributed by atoms with Gasteiger partial charge in [0.25, 0.3) is 0 Å². The molecule has 1 aromatic heterocycles. The molecule has 0 fully saturated rings. The van der Waals surface area contributed by atoms with Crippen LogP contribution in [0.5, 0.6) is 0 Å². The van der Waals surface area contributed by atoms with Gasteiger partial charge in [0.1, 0.15) is 6.04 Å². The van der Waals surface area contributed by atoms with Crippen molar-refractivity contribution in [2.75, 3.05) is 0 Å². The molecule has 72 valence electrons. The van der Waals surface area contributed by atoms with Gasteiger partial charge in [0.2, 0.25) is 5.91 Å². The molecule has 0 aliphatic rings. The van der Waals surface area contributed by atoms with Crippen LogP contribution in [0, 0.1) is 0 Å². The highest BCUT2D eigenvalue weighted by molar-refractivity contribution is 5.80. The van der Waals surface area contributed by atoms with E-state index in [4.69, 9.17) is 0 Å². The number of aromatic nitrogens is 1. The fraction of sp³-hybridized carbons (Fsp3) is 0.500. The second kappa shape index (κ2) is 4.12. The summed E-state index contributed by atoms with van der Waals surface area (Å²) in [5.41, 5.74) is 0. The van der Waals surface area contributed by atoms with Gasteiger partial charge in [-0.25, -0.2) is 0 Å². The lowest BCUT2D eigenvalue weighted by Gasteiger charge is -2.15. The number of carbonyl (C=O) groups is 1. The van der Waals surface area contributed by atoms with E-state index in [1.165, 1.54) is 0 Å². The highest BCUT2D eigenvalue weighted by Gasteiger charge is 2.13. The maximum Gasteiger partial charge on any atom is 0.242 e. The van der Waals surface area contributed by atoms with Gasteiger partial charge in [-0.2, -0.15) is 0 Å². The standard InChI is InChI=1S/C10H16N2O/c1-8(2)11-10(13)9(3)12-6-4-5-7-12/h4-9H,1-3H3,(H,11,13). The van der Waals surface area contributed by atoms with E-state index in [0.717, 1.165) is 0 Å². The smallest absolute Gasteiger partial charge is 0.242 e. The summed E-state index contributed by atoms with van der Waals surface area (Å²) in [6.07, 6.45) is 3.79. The van der Waals surface area contributed by atoms with Crippen molar-refractivity contribution in [3.05, 3.63) is 24.5 Å². The van der Waals surface area contributed by atoms with Crippen LogP contribution in [-0.4, -0.2) is 16.5 Å². The fourth-order valence-corrected chi connectivity index (χ4v) is 1.15. The number of nitrogens with one attached hydrogen (secondary N) is 1. The van der Waals surface area contributed by atoms with E-state index in [1.807, 2.05) is 49.9 Å². The maximum absolute atomic E-state index is 11.5. The average molecular weight is 180 g/mol. The van der Waals surface area contributed by atoms with E-state index >= 15 is 0 Å². The van der Waals surface area contributed by atoms with Gasteiger partial charge < -0.3 is 9.88 Å². The van der Waals surface area contributed by atoms with Crippen molar-refractivity contribution in [1.29, 1.82) is 0 Å².